The molecule has 1 saturated heterocycles. The zero-order valence-corrected chi connectivity index (χ0v) is 5.43. The molecule has 1 heterocycles. The topological polar surface area (TPSA) is 18.5 Å². The van der Waals surface area contributed by atoms with Crippen molar-refractivity contribution in [2.24, 2.45) is 5.41 Å². The first-order chi connectivity index (χ1) is 4.41. The molecule has 2 rings (SSSR count). The molecule has 51 valence electrons. The largest absolute Gasteiger partial charge is 0.347 e. The van der Waals surface area contributed by atoms with Crippen molar-refractivity contribution in [2.45, 2.75) is 19.3 Å². The Morgan fingerprint density at radius 3 is 2.11 bits per heavy atom. The summed E-state index contributed by atoms with van der Waals surface area (Å²) in [5.74, 6) is 0. The van der Waals surface area contributed by atoms with Crippen molar-refractivity contribution in [1.29, 1.82) is 0 Å². The maximum Gasteiger partial charge on any atom is 0.209 e. The van der Waals surface area contributed by atoms with Gasteiger partial charge in [-0.05, 0) is 12.8 Å². The van der Waals surface area contributed by atoms with Gasteiger partial charge in [0, 0.05) is 5.41 Å². The summed E-state index contributed by atoms with van der Waals surface area (Å²) in [6.07, 6.45) is 3.94. The Bertz CT molecular complexity index is 99.5. The van der Waals surface area contributed by atoms with E-state index in [0.29, 0.717) is 5.41 Å². The van der Waals surface area contributed by atoms with Crippen LogP contribution in [0.3, 0.4) is 0 Å². The zero-order valence-electron chi connectivity index (χ0n) is 5.43. The second-order valence-electron chi connectivity index (χ2n) is 3.07. The van der Waals surface area contributed by atoms with E-state index in [1.807, 2.05) is 0 Å². The summed E-state index contributed by atoms with van der Waals surface area (Å²) in [5.41, 5.74) is 0.425. The lowest BCUT2D eigenvalue weighted by molar-refractivity contribution is -0.140. The van der Waals surface area contributed by atoms with Crippen molar-refractivity contribution in [3.63, 3.8) is 0 Å². The van der Waals surface area contributed by atoms with Crippen molar-refractivity contribution in [3.05, 3.63) is 6.79 Å². The van der Waals surface area contributed by atoms with Crippen LogP contribution in [0.25, 0.3) is 0 Å². The fourth-order valence-electron chi connectivity index (χ4n) is 1.48. The molecule has 2 heteroatoms. The highest BCUT2D eigenvalue weighted by atomic mass is 16.7. The Labute approximate surface area is 55.1 Å². The first-order valence-electron chi connectivity index (χ1n) is 3.46. The maximum atomic E-state index is 5.08. The van der Waals surface area contributed by atoms with Crippen LogP contribution in [0, 0.1) is 12.2 Å². The minimum atomic E-state index is 0.425. The van der Waals surface area contributed by atoms with E-state index in [1.54, 1.807) is 0 Å². The second kappa shape index (κ2) is 1.96. The fraction of sp³-hybridized carbons (Fsp3) is 0.857. The molecule has 1 aliphatic heterocycles. The molecule has 2 nitrogen and oxygen atoms in total. The minimum absolute atomic E-state index is 0.425. The molecule has 1 radical (unpaired) electrons. The molecule has 2 aliphatic rings. The second-order valence-corrected chi connectivity index (χ2v) is 3.07. The van der Waals surface area contributed by atoms with Crippen molar-refractivity contribution in [3.8, 4) is 0 Å². The monoisotopic (exact) mass is 127 g/mol. The molecule has 0 bridgehead atoms. The van der Waals surface area contributed by atoms with Crippen LogP contribution in [0.5, 0.6) is 0 Å². The van der Waals surface area contributed by atoms with E-state index >= 15 is 0 Å². The third kappa shape index (κ3) is 0.864. The maximum absolute atomic E-state index is 5.08. The third-order valence-corrected chi connectivity index (χ3v) is 2.33. The zero-order chi connectivity index (χ0) is 6.16. The number of rotatable bonds is 0. The Balaban J connectivity index is 1.93. The van der Waals surface area contributed by atoms with Gasteiger partial charge in [0.15, 0.2) is 0 Å². The molecule has 2 fully saturated rings. The van der Waals surface area contributed by atoms with Crippen molar-refractivity contribution < 1.29 is 9.47 Å². The molecular weight excluding hydrogens is 116 g/mol. The van der Waals surface area contributed by atoms with Crippen molar-refractivity contribution in [1.82, 2.24) is 0 Å². The average Bonchev–Trinajstić information content (AvgIpc) is 1.87. The molecule has 0 unspecified atom stereocenters. The van der Waals surface area contributed by atoms with Crippen LogP contribution in [0.2, 0.25) is 0 Å². The predicted octanol–water partition coefficient (Wildman–Crippen LogP) is 1.32. The van der Waals surface area contributed by atoms with Gasteiger partial charge in [-0.15, -0.1) is 0 Å². The third-order valence-electron chi connectivity index (χ3n) is 2.33. The van der Waals surface area contributed by atoms with Crippen LogP contribution in [0.4, 0.5) is 0 Å². The van der Waals surface area contributed by atoms with E-state index in [2.05, 4.69) is 0 Å². The van der Waals surface area contributed by atoms with Gasteiger partial charge in [-0.25, -0.2) is 0 Å². The fourth-order valence-corrected chi connectivity index (χ4v) is 1.48. The molecule has 0 aromatic heterocycles. The lowest BCUT2D eigenvalue weighted by Crippen LogP contribution is -2.41. The van der Waals surface area contributed by atoms with Crippen molar-refractivity contribution in [2.75, 3.05) is 13.2 Å². The Hall–Kier alpha value is -0.0800. The van der Waals surface area contributed by atoms with Gasteiger partial charge in [-0.2, -0.15) is 0 Å². The van der Waals surface area contributed by atoms with Crippen LogP contribution in [-0.4, -0.2) is 13.2 Å². The molecule has 0 amide bonds. The van der Waals surface area contributed by atoms with E-state index < -0.39 is 0 Å². The van der Waals surface area contributed by atoms with Gasteiger partial charge < -0.3 is 9.47 Å². The average molecular weight is 127 g/mol. The highest BCUT2D eigenvalue weighted by molar-refractivity contribution is 4.89. The number of hydrogen-bond donors (Lipinski definition) is 0. The number of hydrogen-bond acceptors (Lipinski definition) is 2. The summed E-state index contributed by atoms with van der Waals surface area (Å²) in [7, 11) is 0. The predicted molar refractivity (Wildman–Crippen MR) is 32.5 cm³/mol. The molecule has 0 atom stereocenters. The van der Waals surface area contributed by atoms with Crippen molar-refractivity contribution >= 4 is 0 Å². The van der Waals surface area contributed by atoms with Crippen LogP contribution >= 0.6 is 0 Å². The molecule has 1 aliphatic carbocycles. The van der Waals surface area contributed by atoms with Gasteiger partial charge in [0.05, 0.1) is 13.2 Å². The lowest BCUT2D eigenvalue weighted by atomic mass is 9.70. The van der Waals surface area contributed by atoms with Crippen LogP contribution in [0.15, 0.2) is 0 Å². The molecule has 0 aromatic rings. The first-order valence-corrected chi connectivity index (χ1v) is 3.46. The van der Waals surface area contributed by atoms with Gasteiger partial charge >= 0.3 is 0 Å². The van der Waals surface area contributed by atoms with E-state index in [9.17, 15) is 0 Å². The Morgan fingerprint density at radius 1 is 1.11 bits per heavy atom. The summed E-state index contributed by atoms with van der Waals surface area (Å²) in [6, 6.07) is 0. The van der Waals surface area contributed by atoms with Gasteiger partial charge in [0.1, 0.15) is 0 Å². The SMILES string of the molecule is [CH]1OCC2(CCC2)CO1. The summed E-state index contributed by atoms with van der Waals surface area (Å²) in [5, 5.41) is 0. The van der Waals surface area contributed by atoms with E-state index in [-0.39, 0.29) is 0 Å². The highest BCUT2D eigenvalue weighted by Gasteiger charge is 2.39. The van der Waals surface area contributed by atoms with Crippen LogP contribution in [-0.2, 0) is 9.47 Å². The van der Waals surface area contributed by atoms with Gasteiger partial charge in [-0.3, -0.25) is 0 Å². The summed E-state index contributed by atoms with van der Waals surface area (Å²) < 4.78 is 10.2. The first kappa shape index (κ1) is 5.69. The van der Waals surface area contributed by atoms with E-state index in [4.69, 9.17) is 9.47 Å². The highest BCUT2D eigenvalue weighted by Crippen LogP contribution is 2.43. The number of ether oxygens (including phenoxy) is 2. The molecular formula is C7H11O2. The lowest BCUT2D eigenvalue weighted by Gasteiger charge is -2.43. The van der Waals surface area contributed by atoms with E-state index in [0.717, 1.165) is 13.2 Å². The molecule has 1 saturated carbocycles. The summed E-state index contributed by atoms with van der Waals surface area (Å²) in [4.78, 5) is 0. The van der Waals surface area contributed by atoms with E-state index in [1.165, 1.54) is 26.1 Å². The summed E-state index contributed by atoms with van der Waals surface area (Å²) >= 11 is 0. The van der Waals surface area contributed by atoms with Crippen LogP contribution in [0.1, 0.15) is 19.3 Å². The molecule has 0 aromatic carbocycles. The van der Waals surface area contributed by atoms with Gasteiger partial charge in [0.2, 0.25) is 6.79 Å². The molecule has 1 spiro atoms. The Kier molecular flexibility index (Phi) is 1.24. The minimum Gasteiger partial charge on any atom is -0.347 e. The molecule has 9 heavy (non-hydrogen) atoms. The molecule has 0 N–H and O–H groups in total. The summed E-state index contributed by atoms with van der Waals surface area (Å²) in [6.45, 7) is 3.23. The normalized spacial score (nSPS) is 32.0. The standard InChI is InChI=1S/C7H11O2/c1-2-7(3-1)4-8-6-9-5-7/h6H,1-5H2. The Morgan fingerprint density at radius 2 is 1.78 bits per heavy atom. The van der Waals surface area contributed by atoms with Gasteiger partial charge in [-0.1, -0.05) is 6.42 Å². The van der Waals surface area contributed by atoms with Crippen LogP contribution < -0.4 is 0 Å². The smallest absolute Gasteiger partial charge is 0.209 e. The van der Waals surface area contributed by atoms with Gasteiger partial charge in [0.25, 0.3) is 0 Å². The quantitative estimate of drug-likeness (QED) is 0.488.